The van der Waals surface area contributed by atoms with Crippen molar-refractivity contribution in [2.75, 3.05) is 0 Å². The van der Waals surface area contributed by atoms with Gasteiger partial charge in [0, 0.05) is 12.7 Å². The van der Waals surface area contributed by atoms with E-state index in [9.17, 15) is 5.11 Å². The Labute approximate surface area is 92.0 Å². The van der Waals surface area contributed by atoms with Crippen molar-refractivity contribution in [2.45, 2.75) is 25.5 Å². The van der Waals surface area contributed by atoms with Crippen LogP contribution in [0.3, 0.4) is 0 Å². The first kappa shape index (κ1) is 9.12. The van der Waals surface area contributed by atoms with Crippen LogP contribution in [0.15, 0.2) is 23.7 Å². The first-order chi connectivity index (χ1) is 7.34. The molecule has 1 aliphatic heterocycles. The Morgan fingerprint density at radius 1 is 1.53 bits per heavy atom. The zero-order valence-electron chi connectivity index (χ0n) is 8.26. The zero-order chi connectivity index (χ0) is 10.3. The second-order valence-corrected chi connectivity index (χ2v) is 4.76. The van der Waals surface area contributed by atoms with Crippen LogP contribution in [0.1, 0.15) is 24.8 Å². The van der Waals surface area contributed by atoms with Crippen molar-refractivity contribution in [3.8, 4) is 10.6 Å². The highest BCUT2D eigenvalue weighted by Crippen LogP contribution is 2.29. The second-order valence-electron chi connectivity index (χ2n) is 3.81. The lowest BCUT2D eigenvalue weighted by Crippen LogP contribution is -2.14. The zero-order valence-corrected chi connectivity index (χ0v) is 9.07. The van der Waals surface area contributed by atoms with Gasteiger partial charge in [-0.15, -0.1) is 11.3 Å². The number of hydrogen-bond acceptors (Lipinski definition) is 3. The number of fused-ring (bicyclic) bond motifs is 1. The van der Waals surface area contributed by atoms with Crippen LogP contribution in [0.4, 0.5) is 0 Å². The van der Waals surface area contributed by atoms with Crippen LogP contribution < -0.4 is 0 Å². The van der Waals surface area contributed by atoms with Crippen molar-refractivity contribution in [2.24, 2.45) is 0 Å². The molecule has 15 heavy (non-hydrogen) atoms. The number of aliphatic hydroxyl groups is 1. The van der Waals surface area contributed by atoms with Crippen molar-refractivity contribution in [1.82, 2.24) is 9.55 Å². The third-order valence-corrected chi connectivity index (χ3v) is 3.65. The van der Waals surface area contributed by atoms with Gasteiger partial charge in [-0.05, 0) is 24.3 Å². The lowest BCUT2D eigenvalue weighted by atomic mass is 10.1. The molecule has 0 aromatic carbocycles. The van der Waals surface area contributed by atoms with Gasteiger partial charge in [-0.1, -0.05) is 6.07 Å². The van der Waals surface area contributed by atoms with Crippen LogP contribution in [-0.4, -0.2) is 14.7 Å². The van der Waals surface area contributed by atoms with E-state index in [2.05, 4.69) is 15.6 Å². The predicted octanol–water partition coefficient (Wildman–Crippen LogP) is 2.44. The van der Waals surface area contributed by atoms with Crippen LogP contribution in [0, 0.1) is 0 Å². The van der Waals surface area contributed by atoms with Crippen LogP contribution >= 0.6 is 11.3 Å². The van der Waals surface area contributed by atoms with Crippen molar-refractivity contribution in [1.29, 1.82) is 0 Å². The number of rotatable bonds is 1. The normalized spacial score (nSPS) is 20.2. The Kier molecular flexibility index (Phi) is 2.11. The summed E-state index contributed by atoms with van der Waals surface area (Å²) in [5.74, 6) is 0.824. The molecule has 3 heterocycles. The Morgan fingerprint density at radius 2 is 2.47 bits per heavy atom. The van der Waals surface area contributed by atoms with E-state index < -0.39 is 0 Å². The van der Waals surface area contributed by atoms with Gasteiger partial charge in [0.25, 0.3) is 0 Å². The molecule has 0 spiro atoms. The van der Waals surface area contributed by atoms with E-state index in [0.29, 0.717) is 0 Å². The van der Waals surface area contributed by atoms with Crippen LogP contribution in [0.25, 0.3) is 10.6 Å². The highest BCUT2D eigenvalue weighted by atomic mass is 32.1. The maximum Gasteiger partial charge on any atom is 0.138 e. The molecule has 78 valence electrons. The van der Waals surface area contributed by atoms with Gasteiger partial charge in [0.05, 0.1) is 10.6 Å². The van der Waals surface area contributed by atoms with Gasteiger partial charge in [-0.3, -0.25) is 0 Å². The van der Waals surface area contributed by atoms with E-state index in [1.807, 2.05) is 17.6 Å². The number of thiophene rings is 1. The molecule has 0 saturated heterocycles. The number of aromatic nitrogens is 2. The van der Waals surface area contributed by atoms with Gasteiger partial charge in [0.15, 0.2) is 0 Å². The molecule has 0 saturated carbocycles. The Balaban J connectivity index is 2.06. The Hall–Kier alpha value is -1.13. The van der Waals surface area contributed by atoms with Crippen LogP contribution in [-0.2, 0) is 6.54 Å². The summed E-state index contributed by atoms with van der Waals surface area (Å²) in [5.41, 5.74) is 0.987. The fraction of sp³-hybridized carbons (Fsp3) is 0.364. The summed E-state index contributed by atoms with van der Waals surface area (Å²) in [6.07, 6.45) is 3.53. The lowest BCUT2D eigenvalue weighted by Gasteiger charge is -2.18. The molecule has 0 bridgehead atoms. The topological polar surface area (TPSA) is 38.0 Å². The van der Waals surface area contributed by atoms with Crippen molar-refractivity contribution < 1.29 is 5.11 Å². The summed E-state index contributed by atoms with van der Waals surface area (Å²) >= 11 is 1.68. The Bertz CT molecular complexity index is 461. The number of nitrogens with zero attached hydrogens (tertiary/aromatic N) is 2. The molecule has 1 N–H and O–H groups in total. The van der Waals surface area contributed by atoms with Crippen molar-refractivity contribution in [3.63, 3.8) is 0 Å². The third-order valence-electron chi connectivity index (χ3n) is 2.76. The number of hydrogen-bond donors (Lipinski definition) is 1. The molecule has 2 aromatic rings. The van der Waals surface area contributed by atoms with Gasteiger partial charge < -0.3 is 9.67 Å². The van der Waals surface area contributed by atoms with Gasteiger partial charge in [0.2, 0.25) is 0 Å². The second kappa shape index (κ2) is 3.47. The summed E-state index contributed by atoms with van der Waals surface area (Å²) < 4.78 is 2.07. The summed E-state index contributed by atoms with van der Waals surface area (Å²) in [6, 6.07) is 4.08. The molecule has 3 rings (SSSR count). The fourth-order valence-electron chi connectivity index (χ4n) is 2.00. The van der Waals surface area contributed by atoms with Gasteiger partial charge in [0.1, 0.15) is 11.9 Å². The minimum absolute atomic E-state index is 0.382. The van der Waals surface area contributed by atoms with Crippen molar-refractivity contribution >= 4 is 11.3 Å². The number of aryl methyl sites for hydroxylation is 1. The molecule has 0 aliphatic carbocycles. The average molecular weight is 220 g/mol. The molecule has 3 nitrogen and oxygen atoms in total. The molecule has 0 amide bonds. The van der Waals surface area contributed by atoms with E-state index in [4.69, 9.17) is 0 Å². The van der Waals surface area contributed by atoms with E-state index in [1.54, 1.807) is 11.3 Å². The molecule has 2 aromatic heterocycles. The maximum absolute atomic E-state index is 9.79. The van der Waals surface area contributed by atoms with E-state index >= 15 is 0 Å². The SMILES string of the molecule is O[C@H]1CCCn2cc(-c3cccs3)nc21. The maximum atomic E-state index is 9.79. The summed E-state index contributed by atoms with van der Waals surface area (Å²) in [5, 5.41) is 11.8. The van der Waals surface area contributed by atoms with Gasteiger partial charge >= 0.3 is 0 Å². The molecule has 1 aliphatic rings. The number of aliphatic hydroxyl groups excluding tert-OH is 1. The summed E-state index contributed by atoms with van der Waals surface area (Å²) in [7, 11) is 0. The predicted molar refractivity (Wildman–Crippen MR) is 59.7 cm³/mol. The summed E-state index contributed by atoms with van der Waals surface area (Å²) in [4.78, 5) is 5.67. The quantitative estimate of drug-likeness (QED) is 0.801. The standard InChI is InChI=1S/C11H12N2OS/c14-9-3-1-5-13-7-8(12-11(9)13)10-4-2-6-15-10/h2,4,6-7,9,14H,1,3,5H2/t9-/m0/s1. The molecule has 1 atom stereocenters. The summed E-state index contributed by atoms with van der Waals surface area (Å²) in [6.45, 7) is 0.977. The first-order valence-corrected chi connectivity index (χ1v) is 6.01. The fourth-order valence-corrected chi connectivity index (χ4v) is 2.68. The highest BCUT2D eigenvalue weighted by molar-refractivity contribution is 7.13. The molecular formula is C11H12N2OS. The largest absolute Gasteiger partial charge is 0.385 e. The van der Waals surface area contributed by atoms with Gasteiger partial charge in [-0.2, -0.15) is 0 Å². The van der Waals surface area contributed by atoms with E-state index in [0.717, 1.165) is 30.9 Å². The number of imidazole rings is 1. The molecule has 0 radical (unpaired) electrons. The van der Waals surface area contributed by atoms with E-state index in [-0.39, 0.29) is 6.10 Å². The molecule has 4 heteroatoms. The minimum Gasteiger partial charge on any atom is -0.385 e. The Morgan fingerprint density at radius 3 is 3.20 bits per heavy atom. The first-order valence-electron chi connectivity index (χ1n) is 5.13. The van der Waals surface area contributed by atoms with E-state index in [1.165, 1.54) is 4.88 Å². The smallest absolute Gasteiger partial charge is 0.138 e. The third kappa shape index (κ3) is 1.50. The molecule has 0 fully saturated rings. The van der Waals surface area contributed by atoms with Crippen molar-refractivity contribution in [3.05, 3.63) is 29.5 Å². The van der Waals surface area contributed by atoms with Crippen LogP contribution in [0.5, 0.6) is 0 Å². The monoisotopic (exact) mass is 220 g/mol. The average Bonchev–Trinajstić information content (AvgIpc) is 2.86. The molecular weight excluding hydrogens is 208 g/mol. The van der Waals surface area contributed by atoms with Crippen LogP contribution in [0.2, 0.25) is 0 Å². The molecule has 0 unspecified atom stereocenters. The van der Waals surface area contributed by atoms with Gasteiger partial charge in [-0.25, -0.2) is 4.98 Å². The minimum atomic E-state index is -0.382. The lowest BCUT2D eigenvalue weighted by molar-refractivity contribution is 0.134. The highest BCUT2D eigenvalue weighted by Gasteiger charge is 2.21.